The predicted molar refractivity (Wildman–Crippen MR) is 39.1 cm³/mol. The summed E-state index contributed by atoms with van der Waals surface area (Å²) in [4.78, 5) is 0. The van der Waals surface area contributed by atoms with Crippen LogP contribution in [-0.4, -0.2) is 0 Å². The third-order valence-electron chi connectivity index (χ3n) is 0.878. The molecule has 0 fully saturated rings. The zero-order valence-corrected chi connectivity index (χ0v) is 6.60. The second kappa shape index (κ2) is 2.85. The Bertz CT molecular complexity index is 387. The molecule has 0 spiro atoms. The number of halogens is 4. The van der Waals surface area contributed by atoms with E-state index in [2.05, 4.69) is 15.9 Å². The Morgan fingerprint density at radius 3 is 2.00 bits per heavy atom. The van der Waals surface area contributed by atoms with Crippen LogP contribution in [0.2, 0.25) is 0 Å². The SMILES string of the molecule is [2H]c1c([2H])c(C(F)(F)F)c([2H])c([2H])c1Br. The fourth-order valence-corrected chi connectivity index (χ4v) is 0.637. The fraction of sp³-hybridized carbons (Fsp3) is 0.143. The smallest absolute Gasteiger partial charge is 0.166 e. The highest BCUT2D eigenvalue weighted by Crippen LogP contribution is 2.29. The standard InChI is InChI=1S/C7H4BrF3/c8-6-3-1-5(2-4-6)7(9,10)11/h1-4H/i1D,2D,3D,4D. The van der Waals surface area contributed by atoms with Gasteiger partial charge < -0.3 is 0 Å². The van der Waals surface area contributed by atoms with Crippen LogP contribution >= 0.6 is 15.9 Å². The van der Waals surface area contributed by atoms with Crippen molar-refractivity contribution >= 4 is 15.9 Å². The lowest BCUT2D eigenvalue weighted by Crippen LogP contribution is -2.03. The van der Waals surface area contributed by atoms with E-state index in [0.717, 1.165) is 0 Å². The van der Waals surface area contributed by atoms with Gasteiger partial charge >= 0.3 is 6.18 Å². The first-order valence-corrected chi connectivity index (χ1v) is 3.30. The lowest BCUT2D eigenvalue weighted by Gasteiger charge is -2.04. The van der Waals surface area contributed by atoms with Gasteiger partial charge in [-0.3, -0.25) is 0 Å². The van der Waals surface area contributed by atoms with Gasteiger partial charge in [0.25, 0.3) is 0 Å². The van der Waals surface area contributed by atoms with Gasteiger partial charge in [-0.15, -0.1) is 0 Å². The molecule has 1 rings (SSSR count). The van der Waals surface area contributed by atoms with E-state index in [1.54, 1.807) is 0 Å². The topological polar surface area (TPSA) is 0 Å². The van der Waals surface area contributed by atoms with E-state index in [1.807, 2.05) is 0 Å². The molecular formula is C7H4BrF3. The van der Waals surface area contributed by atoms with Gasteiger partial charge in [-0.2, -0.15) is 13.2 Å². The Kier molecular flexibility index (Phi) is 1.17. The highest BCUT2D eigenvalue weighted by Gasteiger charge is 2.29. The molecule has 0 nitrogen and oxygen atoms in total. The van der Waals surface area contributed by atoms with Crippen LogP contribution in [0.5, 0.6) is 0 Å². The van der Waals surface area contributed by atoms with E-state index in [-0.39, 0.29) is 4.47 Å². The summed E-state index contributed by atoms with van der Waals surface area (Å²) in [5.74, 6) is 0. The molecule has 4 heteroatoms. The van der Waals surface area contributed by atoms with Crippen molar-refractivity contribution in [1.82, 2.24) is 0 Å². The molecule has 0 aliphatic carbocycles. The molecule has 0 amide bonds. The van der Waals surface area contributed by atoms with Crippen molar-refractivity contribution in [2.24, 2.45) is 0 Å². The molecule has 0 radical (unpaired) electrons. The molecule has 1 aromatic carbocycles. The summed E-state index contributed by atoms with van der Waals surface area (Å²) in [5.41, 5.74) is -1.54. The molecule has 0 heterocycles. The average Bonchev–Trinajstić information content (AvgIpc) is 2.09. The quantitative estimate of drug-likeness (QED) is 0.638. The van der Waals surface area contributed by atoms with Gasteiger partial charge in [-0.1, -0.05) is 15.9 Å². The normalized spacial score (nSPS) is 16.7. The zero-order valence-electron chi connectivity index (χ0n) is 9.01. The van der Waals surface area contributed by atoms with E-state index in [0.29, 0.717) is 0 Å². The minimum Gasteiger partial charge on any atom is -0.166 e. The summed E-state index contributed by atoms with van der Waals surface area (Å²) >= 11 is 2.70. The Balaban J connectivity index is 3.68. The number of benzene rings is 1. The molecule has 0 aromatic heterocycles. The maximum Gasteiger partial charge on any atom is 0.416 e. The van der Waals surface area contributed by atoms with Crippen molar-refractivity contribution in [3.8, 4) is 0 Å². The Labute approximate surface area is 75.8 Å². The van der Waals surface area contributed by atoms with Gasteiger partial charge in [0.1, 0.15) is 0 Å². The Hall–Kier alpha value is -0.510. The summed E-state index contributed by atoms with van der Waals surface area (Å²) in [6, 6.07) is -3.64. The van der Waals surface area contributed by atoms with Crippen LogP contribution in [0.1, 0.15) is 11.0 Å². The van der Waals surface area contributed by atoms with Gasteiger partial charge in [0.05, 0.1) is 11.0 Å². The van der Waals surface area contributed by atoms with Crippen molar-refractivity contribution in [1.29, 1.82) is 0 Å². The number of hydrogen-bond donors (Lipinski definition) is 0. The van der Waals surface area contributed by atoms with Gasteiger partial charge in [0.15, 0.2) is 0 Å². The molecule has 1 aromatic rings. The van der Waals surface area contributed by atoms with Crippen molar-refractivity contribution < 1.29 is 18.7 Å². The minimum atomic E-state index is -4.89. The number of alkyl halides is 3. The second-order valence-corrected chi connectivity index (χ2v) is 2.48. The average molecular weight is 229 g/mol. The molecule has 11 heavy (non-hydrogen) atoms. The lowest BCUT2D eigenvalue weighted by molar-refractivity contribution is -0.137. The van der Waals surface area contributed by atoms with E-state index in [4.69, 9.17) is 5.48 Å². The lowest BCUT2D eigenvalue weighted by atomic mass is 10.2. The van der Waals surface area contributed by atoms with Crippen LogP contribution in [0.4, 0.5) is 13.2 Å². The molecule has 0 bridgehead atoms. The summed E-state index contributed by atoms with van der Waals surface area (Å²) < 4.78 is 65.4. The molecule has 60 valence electrons. The minimum absolute atomic E-state index is 0.273. The first-order valence-electron chi connectivity index (χ1n) is 4.51. The molecule has 0 unspecified atom stereocenters. The summed E-state index contributed by atoms with van der Waals surface area (Å²) in [6.07, 6.45) is -4.89. The zero-order chi connectivity index (χ0) is 12.0. The van der Waals surface area contributed by atoms with E-state index in [1.165, 1.54) is 0 Å². The van der Waals surface area contributed by atoms with Gasteiger partial charge in [-0.25, -0.2) is 0 Å². The number of rotatable bonds is 0. The summed E-state index contributed by atoms with van der Waals surface area (Å²) in [7, 11) is 0. The van der Waals surface area contributed by atoms with E-state index >= 15 is 0 Å². The van der Waals surface area contributed by atoms with Crippen molar-refractivity contribution in [2.45, 2.75) is 6.18 Å². The summed E-state index contributed by atoms with van der Waals surface area (Å²) in [5, 5.41) is 0. The van der Waals surface area contributed by atoms with Crippen molar-refractivity contribution in [3.63, 3.8) is 0 Å². The predicted octanol–water partition coefficient (Wildman–Crippen LogP) is 3.47. The maximum absolute atomic E-state index is 12.4. The largest absolute Gasteiger partial charge is 0.416 e. The third kappa shape index (κ3) is 2.22. The van der Waals surface area contributed by atoms with Crippen LogP contribution in [0, 0.1) is 0 Å². The highest BCUT2D eigenvalue weighted by molar-refractivity contribution is 9.10. The van der Waals surface area contributed by atoms with Crippen molar-refractivity contribution in [3.05, 3.63) is 34.2 Å². The second-order valence-electron chi connectivity index (χ2n) is 1.69. The van der Waals surface area contributed by atoms with E-state index in [9.17, 15) is 13.2 Å². The molecule has 0 saturated heterocycles. The molecule has 0 aliphatic rings. The van der Waals surface area contributed by atoms with Gasteiger partial charge in [0.2, 0.25) is 0 Å². The molecule has 0 saturated carbocycles. The molecule has 0 aliphatic heterocycles. The maximum atomic E-state index is 12.4. The van der Waals surface area contributed by atoms with Gasteiger partial charge in [-0.05, 0) is 24.2 Å². The molecular weight excluding hydrogens is 221 g/mol. The van der Waals surface area contributed by atoms with E-state index < -0.39 is 35.9 Å². The van der Waals surface area contributed by atoms with Crippen LogP contribution in [-0.2, 0) is 6.18 Å². The van der Waals surface area contributed by atoms with Crippen LogP contribution in [0.15, 0.2) is 28.6 Å². The Morgan fingerprint density at radius 1 is 1.18 bits per heavy atom. The van der Waals surface area contributed by atoms with Gasteiger partial charge in [0, 0.05) is 4.47 Å². The summed E-state index contributed by atoms with van der Waals surface area (Å²) in [6.45, 7) is 0. The monoisotopic (exact) mass is 228 g/mol. The molecule has 0 atom stereocenters. The van der Waals surface area contributed by atoms with Crippen molar-refractivity contribution in [2.75, 3.05) is 0 Å². The van der Waals surface area contributed by atoms with Crippen LogP contribution in [0.3, 0.4) is 0 Å². The first-order chi connectivity index (χ1) is 6.68. The fourth-order valence-electron chi connectivity index (χ4n) is 0.439. The highest BCUT2D eigenvalue weighted by atomic mass is 79.9. The van der Waals surface area contributed by atoms with Crippen LogP contribution in [0.25, 0.3) is 0 Å². The first kappa shape index (κ1) is 4.50. The number of hydrogen-bond acceptors (Lipinski definition) is 0. The molecule has 0 N–H and O–H groups in total. The van der Waals surface area contributed by atoms with Crippen LogP contribution < -0.4 is 0 Å². The Morgan fingerprint density at radius 2 is 1.64 bits per heavy atom. The third-order valence-corrected chi connectivity index (χ3v) is 1.27.